The van der Waals surface area contributed by atoms with Gasteiger partial charge in [-0.1, -0.05) is 12.2 Å². The van der Waals surface area contributed by atoms with Crippen LogP contribution in [0.1, 0.15) is 0 Å². The Bertz CT molecular complexity index is 399. The van der Waals surface area contributed by atoms with E-state index in [4.69, 9.17) is 12.2 Å². The molecule has 0 bridgehead atoms. The monoisotopic (exact) mass is 150 g/mol. The average Bonchev–Trinajstić information content (AvgIpc) is 2.33. The first-order valence-corrected chi connectivity index (χ1v) is 3.42. The zero-order chi connectivity index (χ0) is 6.97. The van der Waals surface area contributed by atoms with Crippen LogP contribution >= 0.6 is 12.2 Å². The largest absolute Gasteiger partial charge is 0.346 e. The molecule has 2 aromatic heterocycles. The molecular formula is C7H6N2S. The van der Waals surface area contributed by atoms with Crippen molar-refractivity contribution in [2.24, 2.45) is 0 Å². The summed E-state index contributed by atoms with van der Waals surface area (Å²) in [6, 6.07) is 3.82. The Morgan fingerprint density at radius 3 is 3.20 bits per heavy atom. The number of rotatable bonds is 0. The first-order chi connectivity index (χ1) is 4.86. The molecule has 0 saturated heterocycles. The summed E-state index contributed by atoms with van der Waals surface area (Å²) in [5.41, 5.74) is 1.03. The van der Waals surface area contributed by atoms with Gasteiger partial charge in [0, 0.05) is 23.1 Å². The van der Waals surface area contributed by atoms with Gasteiger partial charge in [-0.2, -0.15) is 0 Å². The number of aromatic nitrogens is 2. The summed E-state index contributed by atoms with van der Waals surface area (Å²) >= 11 is 4.97. The van der Waals surface area contributed by atoms with Crippen LogP contribution < -0.4 is 0 Å². The maximum Gasteiger partial charge on any atom is 0.115 e. The minimum atomic E-state index is 0.863. The number of H-pyrrole nitrogens is 1. The first kappa shape index (κ1) is 5.68. The van der Waals surface area contributed by atoms with Crippen LogP contribution in [0.15, 0.2) is 30.7 Å². The second kappa shape index (κ2) is 1.95. The fourth-order valence-electron chi connectivity index (χ4n) is 0.941. The number of aromatic amines is 1. The predicted molar refractivity (Wildman–Crippen MR) is 42.6 cm³/mol. The summed E-state index contributed by atoms with van der Waals surface area (Å²) < 4.78 is 2.85. The maximum absolute atomic E-state index is 4.97. The van der Waals surface area contributed by atoms with E-state index in [1.165, 1.54) is 0 Å². The van der Waals surface area contributed by atoms with Crippen LogP contribution in [0.5, 0.6) is 0 Å². The Labute approximate surface area is 63.1 Å². The van der Waals surface area contributed by atoms with Gasteiger partial charge in [0.2, 0.25) is 0 Å². The van der Waals surface area contributed by atoms with Gasteiger partial charge in [0.05, 0.1) is 0 Å². The molecule has 2 heterocycles. The Balaban J connectivity index is 2.99. The summed E-state index contributed by atoms with van der Waals surface area (Å²) in [4.78, 5) is 3.06. The molecule has 0 unspecified atom stereocenters. The highest BCUT2D eigenvalue weighted by Gasteiger charge is 1.86. The smallest absolute Gasteiger partial charge is 0.115 e. The lowest BCUT2D eigenvalue weighted by molar-refractivity contribution is 1.18. The van der Waals surface area contributed by atoms with E-state index >= 15 is 0 Å². The molecule has 2 nitrogen and oxygen atoms in total. The molecule has 0 fully saturated rings. The van der Waals surface area contributed by atoms with Crippen LogP contribution in [0.25, 0.3) is 5.65 Å². The normalized spacial score (nSPS) is 10.4. The Morgan fingerprint density at radius 1 is 1.40 bits per heavy atom. The fourth-order valence-corrected chi connectivity index (χ4v) is 1.11. The number of nitrogens with one attached hydrogen (secondary N) is 1. The summed E-state index contributed by atoms with van der Waals surface area (Å²) in [7, 11) is 0. The maximum atomic E-state index is 4.97. The number of hydrogen-bond donors (Lipinski definition) is 1. The summed E-state index contributed by atoms with van der Waals surface area (Å²) in [6.45, 7) is 0. The van der Waals surface area contributed by atoms with E-state index in [-0.39, 0.29) is 0 Å². The van der Waals surface area contributed by atoms with Crippen molar-refractivity contribution < 1.29 is 0 Å². The standard InChI is InChI=1S/C7H6N2S/c10-6-1-3-9-4-2-8-7(9)5-6/h1-5,8H. The van der Waals surface area contributed by atoms with Gasteiger partial charge in [0.1, 0.15) is 5.65 Å². The van der Waals surface area contributed by atoms with Crippen molar-refractivity contribution in [2.45, 2.75) is 0 Å². The topological polar surface area (TPSA) is 20.2 Å². The number of fused-ring (bicyclic) bond motifs is 1. The molecule has 2 aromatic rings. The van der Waals surface area contributed by atoms with Gasteiger partial charge in [-0.15, -0.1) is 0 Å². The van der Waals surface area contributed by atoms with Crippen LogP contribution in [0.3, 0.4) is 0 Å². The number of imidazole rings is 1. The van der Waals surface area contributed by atoms with Gasteiger partial charge in [-0.3, -0.25) is 0 Å². The van der Waals surface area contributed by atoms with Crippen molar-refractivity contribution in [1.29, 1.82) is 0 Å². The van der Waals surface area contributed by atoms with Gasteiger partial charge >= 0.3 is 0 Å². The molecule has 0 aliphatic carbocycles. The van der Waals surface area contributed by atoms with Crippen LogP contribution in [0.2, 0.25) is 0 Å². The Morgan fingerprint density at radius 2 is 2.30 bits per heavy atom. The van der Waals surface area contributed by atoms with Crippen LogP contribution in [-0.2, 0) is 0 Å². The zero-order valence-electron chi connectivity index (χ0n) is 5.24. The molecule has 3 heteroatoms. The third kappa shape index (κ3) is 0.752. The Kier molecular flexibility index (Phi) is 1.11. The molecule has 0 spiro atoms. The van der Waals surface area contributed by atoms with Crippen LogP contribution in [-0.4, -0.2) is 9.38 Å². The molecule has 0 atom stereocenters. The highest BCUT2D eigenvalue weighted by molar-refractivity contribution is 7.71. The van der Waals surface area contributed by atoms with Crippen LogP contribution in [0.4, 0.5) is 0 Å². The molecule has 0 aromatic carbocycles. The fraction of sp³-hybridized carbons (Fsp3) is 0. The first-order valence-electron chi connectivity index (χ1n) is 3.02. The molecular weight excluding hydrogens is 144 g/mol. The highest BCUT2D eigenvalue weighted by atomic mass is 32.1. The van der Waals surface area contributed by atoms with Gasteiger partial charge in [-0.05, 0) is 12.1 Å². The molecule has 10 heavy (non-hydrogen) atoms. The lowest BCUT2D eigenvalue weighted by atomic mass is 10.5. The van der Waals surface area contributed by atoms with E-state index < -0.39 is 0 Å². The van der Waals surface area contributed by atoms with E-state index in [1.54, 1.807) is 0 Å². The van der Waals surface area contributed by atoms with E-state index in [1.807, 2.05) is 35.1 Å². The summed E-state index contributed by atoms with van der Waals surface area (Å²) in [5.74, 6) is 0. The Hall–Kier alpha value is -1.09. The van der Waals surface area contributed by atoms with E-state index in [9.17, 15) is 0 Å². The van der Waals surface area contributed by atoms with Gasteiger partial charge in [-0.25, -0.2) is 0 Å². The number of pyridine rings is 1. The average molecular weight is 150 g/mol. The van der Waals surface area contributed by atoms with Gasteiger partial charge in [0.15, 0.2) is 0 Å². The lowest BCUT2D eigenvalue weighted by Crippen LogP contribution is -1.79. The number of nitrogens with zero attached hydrogens (tertiary/aromatic N) is 1. The van der Waals surface area contributed by atoms with Crippen molar-refractivity contribution in [3.8, 4) is 0 Å². The van der Waals surface area contributed by atoms with Crippen molar-refractivity contribution in [2.75, 3.05) is 0 Å². The van der Waals surface area contributed by atoms with Gasteiger partial charge in [0.25, 0.3) is 0 Å². The van der Waals surface area contributed by atoms with Crippen molar-refractivity contribution in [3.63, 3.8) is 0 Å². The second-order valence-electron chi connectivity index (χ2n) is 2.12. The molecule has 0 aliphatic rings. The van der Waals surface area contributed by atoms with Crippen molar-refractivity contribution in [3.05, 3.63) is 35.2 Å². The highest BCUT2D eigenvalue weighted by Crippen LogP contribution is 1.99. The molecule has 1 N–H and O–H groups in total. The third-order valence-electron chi connectivity index (χ3n) is 1.42. The third-order valence-corrected chi connectivity index (χ3v) is 1.68. The minimum absolute atomic E-state index is 0.863. The van der Waals surface area contributed by atoms with Gasteiger partial charge < -0.3 is 9.38 Å². The minimum Gasteiger partial charge on any atom is -0.346 e. The molecule has 0 amide bonds. The predicted octanol–water partition coefficient (Wildman–Crippen LogP) is 2.00. The van der Waals surface area contributed by atoms with Crippen molar-refractivity contribution in [1.82, 2.24) is 9.38 Å². The second-order valence-corrected chi connectivity index (χ2v) is 2.59. The number of hydrogen-bond acceptors (Lipinski definition) is 1. The zero-order valence-corrected chi connectivity index (χ0v) is 6.06. The molecule has 0 radical (unpaired) electrons. The van der Waals surface area contributed by atoms with E-state index in [0.717, 1.165) is 10.2 Å². The molecule has 0 saturated carbocycles. The van der Waals surface area contributed by atoms with E-state index in [2.05, 4.69) is 4.98 Å². The lowest BCUT2D eigenvalue weighted by Gasteiger charge is -1.88. The summed E-state index contributed by atoms with van der Waals surface area (Å²) in [6.07, 6.45) is 5.77. The van der Waals surface area contributed by atoms with E-state index in [0.29, 0.717) is 0 Å². The van der Waals surface area contributed by atoms with Crippen LogP contribution in [0, 0.1) is 4.51 Å². The van der Waals surface area contributed by atoms with Crippen molar-refractivity contribution >= 4 is 17.9 Å². The quantitative estimate of drug-likeness (QED) is 0.569. The molecule has 2 rings (SSSR count). The molecule has 0 aliphatic heterocycles. The molecule has 50 valence electrons. The SMILES string of the molecule is S=c1ccn2cc[nH]c2c1. The summed E-state index contributed by atoms with van der Waals surface area (Å²) in [5, 5.41) is 0.